The highest BCUT2D eigenvalue weighted by Gasteiger charge is 2.25. The van der Waals surface area contributed by atoms with Crippen molar-refractivity contribution in [2.45, 2.75) is 51.5 Å². The molecule has 3 nitrogen and oxygen atoms in total. The highest BCUT2D eigenvalue weighted by molar-refractivity contribution is 9.10. The third-order valence-electron chi connectivity index (χ3n) is 3.84. The van der Waals surface area contributed by atoms with Crippen LogP contribution in [0, 0.1) is 5.92 Å². The molecule has 0 aromatic carbocycles. The number of amides is 1. The van der Waals surface area contributed by atoms with Gasteiger partial charge in [-0.1, -0.05) is 26.2 Å². The first-order valence-corrected chi connectivity index (χ1v) is 7.55. The van der Waals surface area contributed by atoms with E-state index >= 15 is 0 Å². The monoisotopic (exact) mass is 313 g/mol. The van der Waals surface area contributed by atoms with Gasteiger partial charge in [-0.05, 0) is 47.2 Å². The van der Waals surface area contributed by atoms with Crippen LogP contribution in [0.3, 0.4) is 0 Å². The molecule has 1 aliphatic carbocycles. The number of nitrogens with one attached hydrogen (secondary N) is 1. The summed E-state index contributed by atoms with van der Waals surface area (Å²) in [6, 6.07) is 1.99. The number of carbonyl (C=O) groups excluding carboxylic acids is 1. The molecule has 0 spiro atoms. The predicted molar refractivity (Wildman–Crippen MR) is 74.5 cm³/mol. The lowest BCUT2D eigenvalue weighted by molar-refractivity contribution is 0.0909. The average molecular weight is 314 g/mol. The molecule has 100 valence electrons. The van der Waals surface area contributed by atoms with Crippen LogP contribution in [-0.4, -0.2) is 11.9 Å². The van der Waals surface area contributed by atoms with Crippen LogP contribution in [0.15, 0.2) is 21.4 Å². The number of rotatable bonds is 4. The molecule has 1 saturated carbocycles. The molecule has 1 unspecified atom stereocenters. The standard InChI is InChI=1S/C14H20BrNO2/c1-2-12(10-6-4-3-5-7-10)16-14(17)11-8-9-18-13(11)15/h8-10,12H,2-7H2,1H3,(H,16,17). The van der Waals surface area contributed by atoms with Gasteiger partial charge in [-0.25, -0.2) is 0 Å². The van der Waals surface area contributed by atoms with Crippen LogP contribution in [0.1, 0.15) is 55.8 Å². The summed E-state index contributed by atoms with van der Waals surface area (Å²) in [5.41, 5.74) is 0.587. The molecule has 0 aliphatic heterocycles. The van der Waals surface area contributed by atoms with Crippen molar-refractivity contribution in [1.82, 2.24) is 5.32 Å². The highest BCUT2D eigenvalue weighted by Crippen LogP contribution is 2.28. The third-order valence-corrected chi connectivity index (χ3v) is 4.45. The van der Waals surface area contributed by atoms with Gasteiger partial charge in [0.05, 0.1) is 11.8 Å². The third kappa shape index (κ3) is 3.16. The topological polar surface area (TPSA) is 42.2 Å². The van der Waals surface area contributed by atoms with Crippen molar-refractivity contribution in [3.05, 3.63) is 22.6 Å². The maximum atomic E-state index is 12.1. The summed E-state index contributed by atoms with van der Waals surface area (Å²) in [7, 11) is 0. The van der Waals surface area contributed by atoms with Gasteiger partial charge in [0.15, 0.2) is 4.67 Å². The number of carbonyl (C=O) groups is 1. The molecule has 4 heteroatoms. The van der Waals surface area contributed by atoms with Crippen molar-refractivity contribution in [3.63, 3.8) is 0 Å². The van der Waals surface area contributed by atoms with E-state index in [2.05, 4.69) is 28.2 Å². The Morgan fingerprint density at radius 3 is 2.78 bits per heavy atom. The summed E-state index contributed by atoms with van der Waals surface area (Å²) in [4.78, 5) is 12.1. The summed E-state index contributed by atoms with van der Waals surface area (Å²) in [5, 5.41) is 3.15. The normalized spacial score (nSPS) is 18.6. The molecule has 1 aromatic rings. The summed E-state index contributed by atoms with van der Waals surface area (Å²) in [5.74, 6) is 0.603. The van der Waals surface area contributed by atoms with Crippen LogP contribution in [0.4, 0.5) is 0 Å². The van der Waals surface area contributed by atoms with Crippen LogP contribution >= 0.6 is 15.9 Å². The second kappa shape index (κ2) is 6.41. The molecule has 1 N–H and O–H groups in total. The SMILES string of the molecule is CCC(NC(=O)c1ccoc1Br)C1CCCCC1. The van der Waals surface area contributed by atoms with Crippen LogP contribution < -0.4 is 5.32 Å². The second-order valence-electron chi connectivity index (χ2n) is 4.99. The lowest BCUT2D eigenvalue weighted by atomic mass is 9.83. The van der Waals surface area contributed by atoms with Crippen molar-refractivity contribution < 1.29 is 9.21 Å². The van der Waals surface area contributed by atoms with E-state index in [1.165, 1.54) is 38.4 Å². The van der Waals surface area contributed by atoms with Gasteiger partial charge < -0.3 is 9.73 Å². The Labute approximate surface area is 116 Å². The average Bonchev–Trinajstić information content (AvgIpc) is 2.83. The van der Waals surface area contributed by atoms with E-state index < -0.39 is 0 Å². The number of halogens is 1. The van der Waals surface area contributed by atoms with Crippen LogP contribution in [0.5, 0.6) is 0 Å². The number of hydrogen-bond acceptors (Lipinski definition) is 2. The van der Waals surface area contributed by atoms with Crippen molar-refractivity contribution in [2.24, 2.45) is 5.92 Å². The van der Waals surface area contributed by atoms with E-state index in [4.69, 9.17) is 4.42 Å². The van der Waals surface area contributed by atoms with Crippen LogP contribution in [0.25, 0.3) is 0 Å². The Morgan fingerprint density at radius 1 is 1.50 bits per heavy atom. The molecule has 1 aromatic heterocycles. The first-order chi connectivity index (χ1) is 8.72. The minimum atomic E-state index is -0.0342. The Kier molecular flexibility index (Phi) is 4.87. The van der Waals surface area contributed by atoms with Gasteiger partial charge in [-0.2, -0.15) is 0 Å². The van der Waals surface area contributed by atoms with Gasteiger partial charge >= 0.3 is 0 Å². The maximum absolute atomic E-state index is 12.1. The zero-order valence-corrected chi connectivity index (χ0v) is 12.3. The molecule has 1 fully saturated rings. The minimum Gasteiger partial charge on any atom is -0.457 e. The van der Waals surface area contributed by atoms with E-state index in [0.717, 1.165) is 6.42 Å². The van der Waals surface area contributed by atoms with Crippen molar-refractivity contribution in [3.8, 4) is 0 Å². The van der Waals surface area contributed by atoms with Crippen molar-refractivity contribution >= 4 is 21.8 Å². The molecule has 1 amide bonds. The predicted octanol–water partition coefficient (Wildman–Crippen LogP) is 4.13. The lowest BCUT2D eigenvalue weighted by Gasteiger charge is -2.30. The van der Waals surface area contributed by atoms with Gasteiger partial charge in [-0.15, -0.1) is 0 Å². The van der Waals surface area contributed by atoms with Crippen molar-refractivity contribution in [1.29, 1.82) is 0 Å². The second-order valence-corrected chi connectivity index (χ2v) is 5.71. The minimum absolute atomic E-state index is 0.0342. The largest absolute Gasteiger partial charge is 0.457 e. The molecule has 2 rings (SSSR count). The summed E-state index contributed by atoms with van der Waals surface area (Å²) >= 11 is 3.25. The lowest BCUT2D eigenvalue weighted by Crippen LogP contribution is -2.40. The molecular weight excluding hydrogens is 294 g/mol. The van der Waals surface area contributed by atoms with Crippen molar-refractivity contribution in [2.75, 3.05) is 0 Å². The highest BCUT2D eigenvalue weighted by atomic mass is 79.9. The first-order valence-electron chi connectivity index (χ1n) is 6.76. The molecule has 0 radical (unpaired) electrons. The van der Waals surface area contributed by atoms with Gasteiger partial charge in [0.1, 0.15) is 0 Å². The Balaban J connectivity index is 1.97. The fraction of sp³-hybridized carbons (Fsp3) is 0.643. The molecule has 1 atom stereocenters. The molecule has 0 bridgehead atoms. The molecule has 1 heterocycles. The molecular formula is C14H20BrNO2. The van der Waals surface area contributed by atoms with Crippen LogP contribution in [0.2, 0.25) is 0 Å². The van der Waals surface area contributed by atoms with Gasteiger partial charge in [0, 0.05) is 6.04 Å². The summed E-state index contributed by atoms with van der Waals surface area (Å²) in [6.07, 6.45) is 8.94. The van der Waals surface area contributed by atoms with E-state index in [0.29, 0.717) is 22.2 Å². The fourth-order valence-corrected chi connectivity index (χ4v) is 3.21. The smallest absolute Gasteiger partial charge is 0.255 e. The maximum Gasteiger partial charge on any atom is 0.255 e. The molecule has 18 heavy (non-hydrogen) atoms. The molecule has 1 aliphatic rings. The van der Waals surface area contributed by atoms with Crippen LogP contribution in [-0.2, 0) is 0 Å². The Morgan fingerprint density at radius 2 is 2.22 bits per heavy atom. The number of furan rings is 1. The Bertz CT molecular complexity index is 396. The fourth-order valence-electron chi connectivity index (χ4n) is 2.79. The van der Waals surface area contributed by atoms with Gasteiger partial charge in [-0.3, -0.25) is 4.79 Å². The van der Waals surface area contributed by atoms with E-state index in [1.54, 1.807) is 6.07 Å². The van der Waals surface area contributed by atoms with Gasteiger partial charge in [0.25, 0.3) is 5.91 Å². The zero-order chi connectivity index (χ0) is 13.0. The Hall–Kier alpha value is -0.770. The van der Waals surface area contributed by atoms with Gasteiger partial charge in [0.2, 0.25) is 0 Å². The quantitative estimate of drug-likeness (QED) is 0.908. The van der Waals surface area contributed by atoms with E-state index in [-0.39, 0.29) is 5.91 Å². The van der Waals surface area contributed by atoms with E-state index in [9.17, 15) is 4.79 Å². The van der Waals surface area contributed by atoms with E-state index in [1.807, 2.05) is 0 Å². The number of hydrogen-bond donors (Lipinski definition) is 1. The summed E-state index contributed by atoms with van der Waals surface area (Å²) < 4.78 is 5.61. The summed E-state index contributed by atoms with van der Waals surface area (Å²) in [6.45, 7) is 2.14. The zero-order valence-electron chi connectivity index (χ0n) is 10.7. The molecule has 0 saturated heterocycles. The first kappa shape index (κ1) is 13.7.